The van der Waals surface area contributed by atoms with Crippen LogP contribution in [0.5, 0.6) is 0 Å². The van der Waals surface area contributed by atoms with Crippen molar-refractivity contribution in [1.29, 1.82) is 0 Å². The first-order chi connectivity index (χ1) is 12.7. The quantitative estimate of drug-likeness (QED) is 0.719. The number of rotatable bonds is 5. The number of hydrogen-bond acceptors (Lipinski definition) is 5. The molecule has 27 heavy (non-hydrogen) atoms. The van der Waals surface area contributed by atoms with Gasteiger partial charge >= 0.3 is 0 Å². The zero-order valence-corrected chi connectivity index (χ0v) is 17.1. The highest BCUT2D eigenvalue weighted by Crippen LogP contribution is 2.21. The molecule has 148 valence electrons. The van der Waals surface area contributed by atoms with Crippen molar-refractivity contribution in [2.45, 2.75) is 25.3 Å². The van der Waals surface area contributed by atoms with Gasteiger partial charge < -0.3 is 4.90 Å². The minimum atomic E-state index is -3.60. The lowest BCUT2D eigenvalue weighted by molar-refractivity contribution is -0.136. The van der Waals surface area contributed by atoms with Crippen molar-refractivity contribution in [2.75, 3.05) is 26.2 Å². The maximum Gasteiger partial charge on any atom is 0.246 e. The standard InChI is InChI=1S/C16H23ClN6O3S/c1-12(10-22-11-14(17)8-19-22)16(24)21-4-6-23(7-5-21)27(25,26)15-9-18-20(3)13(15)2/h8-9,11-12H,4-7,10H2,1-3H3. The number of carbonyl (C=O) groups is 1. The van der Waals surface area contributed by atoms with E-state index in [1.54, 1.807) is 29.7 Å². The minimum Gasteiger partial charge on any atom is -0.340 e. The molecule has 0 N–H and O–H groups in total. The molecule has 0 saturated carbocycles. The molecule has 0 radical (unpaired) electrons. The monoisotopic (exact) mass is 414 g/mol. The normalized spacial score (nSPS) is 17.3. The maximum absolute atomic E-state index is 12.8. The van der Waals surface area contributed by atoms with Crippen LogP contribution in [-0.2, 0) is 28.4 Å². The van der Waals surface area contributed by atoms with E-state index in [2.05, 4.69) is 10.2 Å². The molecule has 2 aromatic heterocycles. The minimum absolute atomic E-state index is 0.0174. The molecular weight excluding hydrogens is 392 g/mol. The lowest BCUT2D eigenvalue weighted by Crippen LogP contribution is -2.52. The summed E-state index contributed by atoms with van der Waals surface area (Å²) >= 11 is 5.85. The molecule has 2 aromatic rings. The van der Waals surface area contributed by atoms with Crippen LogP contribution < -0.4 is 0 Å². The number of nitrogens with zero attached hydrogens (tertiary/aromatic N) is 6. The molecule has 1 atom stereocenters. The summed E-state index contributed by atoms with van der Waals surface area (Å²) in [5.74, 6) is -0.291. The van der Waals surface area contributed by atoms with Crippen LogP contribution in [-0.4, -0.2) is 69.3 Å². The zero-order valence-electron chi connectivity index (χ0n) is 15.5. The number of aromatic nitrogens is 4. The van der Waals surface area contributed by atoms with E-state index in [1.165, 1.54) is 21.4 Å². The van der Waals surface area contributed by atoms with Crippen molar-refractivity contribution < 1.29 is 13.2 Å². The van der Waals surface area contributed by atoms with Crippen molar-refractivity contribution in [3.63, 3.8) is 0 Å². The molecule has 3 rings (SSSR count). The Morgan fingerprint density at radius 3 is 2.41 bits per heavy atom. The van der Waals surface area contributed by atoms with E-state index in [1.807, 2.05) is 6.92 Å². The highest BCUT2D eigenvalue weighted by Gasteiger charge is 2.33. The zero-order chi connectivity index (χ0) is 19.8. The third kappa shape index (κ3) is 4.02. The third-order valence-corrected chi connectivity index (χ3v) is 7.04. The molecule has 1 fully saturated rings. The molecule has 0 spiro atoms. The second-order valence-electron chi connectivity index (χ2n) is 6.73. The number of sulfonamides is 1. The summed E-state index contributed by atoms with van der Waals surface area (Å²) in [4.78, 5) is 14.6. The van der Waals surface area contributed by atoms with E-state index < -0.39 is 10.0 Å². The fourth-order valence-electron chi connectivity index (χ4n) is 3.13. The lowest BCUT2D eigenvalue weighted by atomic mass is 10.1. The predicted octanol–water partition coefficient (Wildman–Crippen LogP) is 0.748. The van der Waals surface area contributed by atoms with Crippen LogP contribution in [0.4, 0.5) is 0 Å². The number of halogens is 1. The van der Waals surface area contributed by atoms with E-state index in [4.69, 9.17) is 11.6 Å². The summed E-state index contributed by atoms with van der Waals surface area (Å²) in [6.45, 7) is 5.25. The van der Waals surface area contributed by atoms with Crippen LogP contribution in [0.3, 0.4) is 0 Å². The Balaban J connectivity index is 1.61. The fourth-order valence-corrected chi connectivity index (χ4v) is 4.89. The second-order valence-corrected chi connectivity index (χ2v) is 9.07. The molecule has 1 unspecified atom stereocenters. The van der Waals surface area contributed by atoms with Crippen molar-refractivity contribution in [1.82, 2.24) is 28.8 Å². The average Bonchev–Trinajstić information content (AvgIpc) is 3.20. The molecule has 1 saturated heterocycles. The van der Waals surface area contributed by atoms with Crippen molar-refractivity contribution >= 4 is 27.5 Å². The van der Waals surface area contributed by atoms with Crippen LogP contribution in [0.15, 0.2) is 23.5 Å². The number of aryl methyl sites for hydroxylation is 1. The van der Waals surface area contributed by atoms with E-state index >= 15 is 0 Å². The number of carbonyl (C=O) groups excluding carboxylic acids is 1. The Morgan fingerprint density at radius 2 is 1.89 bits per heavy atom. The highest BCUT2D eigenvalue weighted by atomic mass is 35.5. The third-order valence-electron chi connectivity index (χ3n) is 4.84. The Bertz CT molecular complexity index is 930. The smallest absolute Gasteiger partial charge is 0.246 e. The Morgan fingerprint density at radius 1 is 1.22 bits per heavy atom. The van der Waals surface area contributed by atoms with E-state index in [-0.39, 0.29) is 29.8 Å². The highest BCUT2D eigenvalue weighted by molar-refractivity contribution is 7.89. The van der Waals surface area contributed by atoms with Gasteiger partial charge in [-0.05, 0) is 6.92 Å². The molecule has 0 aromatic carbocycles. The molecule has 1 aliphatic rings. The van der Waals surface area contributed by atoms with Crippen LogP contribution in [0.2, 0.25) is 5.02 Å². The average molecular weight is 415 g/mol. The first kappa shape index (κ1) is 19.8. The molecule has 1 amide bonds. The van der Waals surface area contributed by atoms with Gasteiger partial charge in [0.1, 0.15) is 4.90 Å². The van der Waals surface area contributed by atoms with Crippen LogP contribution in [0.25, 0.3) is 0 Å². The number of amides is 1. The van der Waals surface area contributed by atoms with Gasteiger partial charge in [-0.15, -0.1) is 0 Å². The SMILES string of the molecule is Cc1c(S(=O)(=O)N2CCN(C(=O)C(C)Cn3cc(Cl)cn3)CC2)cnn1C. The molecular formula is C16H23ClN6O3S. The Hall–Kier alpha value is -1.91. The molecule has 1 aliphatic heterocycles. The van der Waals surface area contributed by atoms with Gasteiger partial charge in [-0.25, -0.2) is 8.42 Å². The summed E-state index contributed by atoms with van der Waals surface area (Å²) in [6.07, 6.45) is 4.58. The lowest BCUT2D eigenvalue weighted by Gasteiger charge is -2.35. The van der Waals surface area contributed by atoms with Gasteiger partial charge in [-0.3, -0.25) is 14.2 Å². The van der Waals surface area contributed by atoms with Gasteiger partial charge in [-0.1, -0.05) is 18.5 Å². The number of hydrogen-bond donors (Lipinski definition) is 0. The largest absolute Gasteiger partial charge is 0.340 e. The summed E-state index contributed by atoms with van der Waals surface area (Å²) < 4.78 is 30.2. The van der Waals surface area contributed by atoms with Gasteiger partial charge in [-0.2, -0.15) is 14.5 Å². The van der Waals surface area contributed by atoms with E-state index in [9.17, 15) is 13.2 Å². The molecule has 9 nitrogen and oxygen atoms in total. The van der Waals surface area contributed by atoms with Gasteiger partial charge in [0.2, 0.25) is 15.9 Å². The van der Waals surface area contributed by atoms with Crippen LogP contribution in [0.1, 0.15) is 12.6 Å². The molecule has 3 heterocycles. The summed E-state index contributed by atoms with van der Waals surface area (Å²) in [7, 11) is -1.90. The van der Waals surface area contributed by atoms with Gasteiger partial charge in [0.15, 0.2) is 0 Å². The van der Waals surface area contributed by atoms with Crippen molar-refractivity contribution in [2.24, 2.45) is 13.0 Å². The van der Waals surface area contributed by atoms with E-state index in [0.29, 0.717) is 30.4 Å². The molecule has 0 aliphatic carbocycles. The van der Waals surface area contributed by atoms with Gasteiger partial charge in [0, 0.05) is 39.4 Å². The van der Waals surface area contributed by atoms with E-state index in [0.717, 1.165) is 0 Å². The summed E-state index contributed by atoms with van der Waals surface area (Å²) in [6, 6.07) is 0. The Kier molecular flexibility index (Phi) is 5.59. The molecule has 11 heteroatoms. The summed E-state index contributed by atoms with van der Waals surface area (Å²) in [5, 5.41) is 8.63. The number of piperazine rings is 1. The first-order valence-corrected chi connectivity index (χ1v) is 10.5. The van der Waals surface area contributed by atoms with Crippen LogP contribution >= 0.6 is 11.6 Å². The van der Waals surface area contributed by atoms with Crippen molar-refractivity contribution in [3.8, 4) is 0 Å². The van der Waals surface area contributed by atoms with Crippen LogP contribution in [0, 0.1) is 12.8 Å². The maximum atomic E-state index is 12.8. The first-order valence-electron chi connectivity index (χ1n) is 8.65. The Labute approximate surface area is 163 Å². The predicted molar refractivity (Wildman–Crippen MR) is 99.7 cm³/mol. The fraction of sp³-hybridized carbons (Fsp3) is 0.562. The molecule has 0 bridgehead atoms. The van der Waals surface area contributed by atoms with Gasteiger partial charge in [0.25, 0.3) is 0 Å². The topological polar surface area (TPSA) is 93.3 Å². The summed E-state index contributed by atoms with van der Waals surface area (Å²) in [5.41, 5.74) is 0.597. The van der Waals surface area contributed by atoms with Crippen molar-refractivity contribution in [3.05, 3.63) is 29.3 Å². The second kappa shape index (κ2) is 7.61. The van der Waals surface area contributed by atoms with Gasteiger partial charge in [0.05, 0.1) is 35.6 Å².